The molecule has 0 aliphatic heterocycles. The second-order valence-electron chi connectivity index (χ2n) is 3.75. The molecule has 6 heteroatoms. The molecule has 0 fully saturated rings. The molecule has 0 aromatic heterocycles. The fourth-order valence-corrected chi connectivity index (χ4v) is 1.71. The molecule has 0 amide bonds. The Labute approximate surface area is 106 Å². The average molecular weight is 263 g/mol. The molecule has 0 spiro atoms. The summed E-state index contributed by atoms with van der Waals surface area (Å²) in [5.41, 5.74) is -0.426. The summed E-state index contributed by atoms with van der Waals surface area (Å²) in [6.07, 6.45) is 0.304. The van der Waals surface area contributed by atoms with Crippen molar-refractivity contribution in [3.8, 4) is 11.1 Å². The molecule has 0 atom stereocenters. The third kappa shape index (κ3) is 2.33. The van der Waals surface area contributed by atoms with Crippen LogP contribution in [0.3, 0.4) is 0 Å². The van der Waals surface area contributed by atoms with Gasteiger partial charge in [0.05, 0.1) is 10.5 Å². The molecule has 0 saturated carbocycles. The quantitative estimate of drug-likeness (QED) is 0.484. The summed E-state index contributed by atoms with van der Waals surface area (Å²) in [5, 5.41) is 10.7. The van der Waals surface area contributed by atoms with Gasteiger partial charge in [-0.05, 0) is 23.8 Å². The van der Waals surface area contributed by atoms with E-state index in [2.05, 4.69) is 0 Å². The highest BCUT2D eigenvalue weighted by Crippen LogP contribution is 2.28. The van der Waals surface area contributed by atoms with E-state index in [1.165, 1.54) is 18.2 Å². The van der Waals surface area contributed by atoms with Crippen molar-refractivity contribution in [3.05, 3.63) is 63.7 Å². The highest BCUT2D eigenvalue weighted by atomic mass is 19.2. The van der Waals surface area contributed by atoms with Crippen molar-refractivity contribution < 1.29 is 18.5 Å². The SMILES string of the molecule is O=Cc1cc(-c2cccc(F)c2F)ccc1[N+](=O)[O-]. The van der Waals surface area contributed by atoms with E-state index in [1.54, 1.807) is 0 Å². The largest absolute Gasteiger partial charge is 0.298 e. The average Bonchev–Trinajstić information content (AvgIpc) is 2.41. The number of aldehydes is 1. The highest BCUT2D eigenvalue weighted by Gasteiger charge is 2.16. The van der Waals surface area contributed by atoms with Gasteiger partial charge < -0.3 is 0 Å². The van der Waals surface area contributed by atoms with Gasteiger partial charge in [-0.2, -0.15) is 0 Å². The zero-order valence-corrected chi connectivity index (χ0v) is 9.47. The van der Waals surface area contributed by atoms with E-state index in [0.29, 0.717) is 6.29 Å². The molecular weight excluding hydrogens is 256 g/mol. The molecule has 0 saturated heterocycles. The first-order chi connectivity index (χ1) is 9.04. The van der Waals surface area contributed by atoms with Gasteiger partial charge >= 0.3 is 0 Å². The van der Waals surface area contributed by atoms with Gasteiger partial charge in [0.25, 0.3) is 5.69 Å². The standard InChI is InChI=1S/C13H7F2NO3/c14-11-3-1-2-10(13(11)15)8-4-5-12(16(18)19)9(6-8)7-17/h1-7H. The molecule has 0 bridgehead atoms. The van der Waals surface area contributed by atoms with E-state index in [9.17, 15) is 23.7 Å². The van der Waals surface area contributed by atoms with E-state index < -0.39 is 16.6 Å². The molecule has 19 heavy (non-hydrogen) atoms. The number of hydrogen-bond acceptors (Lipinski definition) is 3. The van der Waals surface area contributed by atoms with Crippen LogP contribution in [0, 0.1) is 21.7 Å². The number of carbonyl (C=O) groups excluding carboxylic acids is 1. The molecule has 2 rings (SSSR count). The lowest BCUT2D eigenvalue weighted by Crippen LogP contribution is -1.96. The van der Waals surface area contributed by atoms with Gasteiger partial charge in [-0.3, -0.25) is 14.9 Å². The van der Waals surface area contributed by atoms with Crippen LogP contribution >= 0.6 is 0 Å². The van der Waals surface area contributed by atoms with Crippen molar-refractivity contribution in [1.29, 1.82) is 0 Å². The maximum atomic E-state index is 13.6. The first-order valence-corrected chi connectivity index (χ1v) is 5.22. The minimum atomic E-state index is -1.06. The lowest BCUT2D eigenvalue weighted by Gasteiger charge is -2.05. The third-order valence-electron chi connectivity index (χ3n) is 2.61. The first-order valence-electron chi connectivity index (χ1n) is 5.22. The molecule has 0 heterocycles. The van der Waals surface area contributed by atoms with Gasteiger partial charge in [-0.15, -0.1) is 0 Å². The predicted molar refractivity (Wildman–Crippen MR) is 63.8 cm³/mol. The maximum absolute atomic E-state index is 13.6. The Kier molecular flexibility index (Phi) is 3.33. The number of carbonyl (C=O) groups is 1. The number of nitrogens with zero attached hydrogens (tertiary/aromatic N) is 1. The Morgan fingerprint density at radius 2 is 1.89 bits per heavy atom. The van der Waals surface area contributed by atoms with Crippen LogP contribution in [0.4, 0.5) is 14.5 Å². The van der Waals surface area contributed by atoms with Crippen molar-refractivity contribution in [3.63, 3.8) is 0 Å². The van der Waals surface area contributed by atoms with Gasteiger partial charge in [0.2, 0.25) is 0 Å². The molecule has 4 nitrogen and oxygen atoms in total. The van der Waals surface area contributed by atoms with Crippen molar-refractivity contribution in [2.75, 3.05) is 0 Å². The van der Waals surface area contributed by atoms with E-state index in [0.717, 1.165) is 18.2 Å². The van der Waals surface area contributed by atoms with Crippen molar-refractivity contribution >= 4 is 12.0 Å². The Hall–Kier alpha value is -2.63. The van der Waals surface area contributed by atoms with Crippen LogP contribution < -0.4 is 0 Å². The molecule has 0 aliphatic rings. The summed E-state index contributed by atoms with van der Waals surface area (Å²) >= 11 is 0. The lowest BCUT2D eigenvalue weighted by atomic mass is 10.0. The number of nitro groups is 1. The first kappa shape index (κ1) is 12.8. The van der Waals surface area contributed by atoms with Crippen molar-refractivity contribution in [1.82, 2.24) is 0 Å². The van der Waals surface area contributed by atoms with Gasteiger partial charge in [0.15, 0.2) is 17.9 Å². The summed E-state index contributed by atoms with van der Waals surface area (Å²) in [5.74, 6) is -2.09. The van der Waals surface area contributed by atoms with Crippen LogP contribution in [0.15, 0.2) is 36.4 Å². The lowest BCUT2D eigenvalue weighted by molar-refractivity contribution is -0.385. The topological polar surface area (TPSA) is 60.2 Å². The third-order valence-corrected chi connectivity index (χ3v) is 2.61. The fourth-order valence-electron chi connectivity index (χ4n) is 1.71. The molecular formula is C13H7F2NO3. The van der Waals surface area contributed by atoms with E-state index in [1.807, 2.05) is 0 Å². The maximum Gasteiger partial charge on any atom is 0.279 e. The monoisotopic (exact) mass is 263 g/mol. The summed E-state index contributed by atoms with van der Waals surface area (Å²) in [6, 6.07) is 7.12. The van der Waals surface area contributed by atoms with E-state index >= 15 is 0 Å². The Bertz CT molecular complexity index is 671. The second kappa shape index (κ2) is 4.93. The zero-order chi connectivity index (χ0) is 14.0. The van der Waals surface area contributed by atoms with Gasteiger partial charge in [-0.1, -0.05) is 12.1 Å². The number of benzene rings is 2. The Morgan fingerprint density at radius 3 is 2.53 bits per heavy atom. The van der Waals surface area contributed by atoms with Crippen LogP contribution in [0.1, 0.15) is 10.4 Å². The zero-order valence-electron chi connectivity index (χ0n) is 9.47. The van der Waals surface area contributed by atoms with Crippen LogP contribution in [0.2, 0.25) is 0 Å². The van der Waals surface area contributed by atoms with E-state index in [4.69, 9.17) is 0 Å². The molecule has 0 aliphatic carbocycles. The number of hydrogen-bond donors (Lipinski definition) is 0. The molecule has 2 aromatic rings. The number of rotatable bonds is 3. The van der Waals surface area contributed by atoms with Crippen molar-refractivity contribution in [2.45, 2.75) is 0 Å². The second-order valence-corrected chi connectivity index (χ2v) is 3.75. The van der Waals surface area contributed by atoms with Crippen molar-refractivity contribution in [2.24, 2.45) is 0 Å². The van der Waals surface area contributed by atoms with Gasteiger partial charge in [-0.25, -0.2) is 8.78 Å². The smallest absolute Gasteiger partial charge is 0.279 e. The minimum absolute atomic E-state index is 0.0574. The summed E-state index contributed by atoms with van der Waals surface area (Å²) in [4.78, 5) is 20.7. The van der Waals surface area contributed by atoms with Gasteiger partial charge in [0, 0.05) is 11.6 Å². The number of halogens is 2. The Morgan fingerprint density at radius 1 is 1.16 bits per heavy atom. The molecule has 0 radical (unpaired) electrons. The normalized spacial score (nSPS) is 10.2. The molecule has 96 valence electrons. The molecule has 0 unspecified atom stereocenters. The van der Waals surface area contributed by atoms with Crippen LogP contribution in [0.5, 0.6) is 0 Å². The summed E-state index contributed by atoms with van der Waals surface area (Å²) < 4.78 is 26.7. The summed E-state index contributed by atoms with van der Waals surface area (Å²) in [6.45, 7) is 0. The van der Waals surface area contributed by atoms with Gasteiger partial charge in [0.1, 0.15) is 0 Å². The van der Waals surface area contributed by atoms with Crippen LogP contribution in [-0.2, 0) is 0 Å². The Balaban J connectivity index is 2.61. The molecule has 2 aromatic carbocycles. The number of nitro benzene ring substituents is 1. The summed E-state index contributed by atoms with van der Waals surface area (Å²) in [7, 11) is 0. The fraction of sp³-hybridized carbons (Fsp3) is 0. The van der Waals surface area contributed by atoms with E-state index in [-0.39, 0.29) is 22.4 Å². The molecule has 0 N–H and O–H groups in total. The predicted octanol–water partition coefficient (Wildman–Crippen LogP) is 3.35. The minimum Gasteiger partial charge on any atom is -0.298 e. The van der Waals surface area contributed by atoms with Crippen LogP contribution in [-0.4, -0.2) is 11.2 Å². The van der Waals surface area contributed by atoms with Crippen LogP contribution in [0.25, 0.3) is 11.1 Å². The highest BCUT2D eigenvalue weighted by molar-refractivity contribution is 5.84.